The third-order valence-corrected chi connectivity index (χ3v) is 5.43. The van der Waals surface area contributed by atoms with E-state index in [4.69, 9.17) is 9.47 Å². The highest BCUT2D eigenvalue weighted by molar-refractivity contribution is 5.95. The molecule has 1 aromatic carbocycles. The van der Waals surface area contributed by atoms with Crippen LogP contribution in [0, 0.1) is 6.92 Å². The van der Waals surface area contributed by atoms with Gasteiger partial charge in [0.1, 0.15) is 11.4 Å². The number of aryl methyl sites for hydroxylation is 3. The lowest BCUT2D eigenvalue weighted by Gasteiger charge is -2.12. The van der Waals surface area contributed by atoms with Crippen molar-refractivity contribution in [2.24, 2.45) is 0 Å². The Labute approximate surface area is 172 Å². The summed E-state index contributed by atoms with van der Waals surface area (Å²) in [6, 6.07) is 6.96. The number of rotatable bonds is 4. The molecule has 8 heteroatoms. The Kier molecular flexibility index (Phi) is 4.46. The van der Waals surface area contributed by atoms with Gasteiger partial charge in [-0.1, -0.05) is 0 Å². The van der Waals surface area contributed by atoms with Crippen molar-refractivity contribution >= 4 is 5.91 Å². The van der Waals surface area contributed by atoms with E-state index in [0.29, 0.717) is 28.6 Å². The van der Waals surface area contributed by atoms with Gasteiger partial charge in [-0.25, -0.2) is 9.97 Å². The van der Waals surface area contributed by atoms with Gasteiger partial charge >= 0.3 is 0 Å². The fourth-order valence-corrected chi connectivity index (χ4v) is 3.83. The van der Waals surface area contributed by atoms with Gasteiger partial charge in [-0.2, -0.15) is 0 Å². The van der Waals surface area contributed by atoms with E-state index in [1.807, 2.05) is 6.20 Å². The summed E-state index contributed by atoms with van der Waals surface area (Å²) in [7, 11) is 0. The molecule has 152 valence electrons. The van der Waals surface area contributed by atoms with E-state index in [9.17, 15) is 9.59 Å². The average molecular weight is 404 g/mol. The predicted molar refractivity (Wildman–Crippen MR) is 108 cm³/mol. The molecule has 5 rings (SSSR count). The SMILES string of the molecule is Cc1ccn(-c2ccc3c(c2)OCO3)c(=O)c1C(=O)NCc1ncc2c(n1)CCC2. The number of benzene rings is 1. The van der Waals surface area contributed by atoms with E-state index >= 15 is 0 Å². The van der Waals surface area contributed by atoms with Gasteiger partial charge in [0.05, 0.1) is 12.2 Å². The Hall–Kier alpha value is -3.68. The summed E-state index contributed by atoms with van der Waals surface area (Å²) in [4.78, 5) is 34.8. The Balaban J connectivity index is 1.40. The quantitative estimate of drug-likeness (QED) is 0.715. The van der Waals surface area contributed by atoms with Crippen LogP contribution >= 0.6 is 0 Å². The molecule has 0 unspecified atom stereocenters. The first-order chi connectivity index (χ1) is 14.6. The van der Waals surface area contributed by atoms with Crippen LogP contribution in [0.1, 0.15) is 39.4 Å². The van der Waals surface area contributed by atoms with Gasteiger partial charge in [-0.3, -0.25) is 14.2 Å². The summed E-state index contributed by atoms with van der Waals surface area (Å²) in [6.07, 6.45) is 6.51. The minimum atomic E-state index is -0.448. The van der Waals surface area contributed by atoms with Crippen molar-refractivity contribution in [3.63, 3.8) is 0 Å². The lowest BCUT2D eigenvalue weighted by Crippen LogP contribution is -2.33. The first-order valence-electron chi connectivity index (χ1n) is 9.84. The Morgan fingerprint density at radius 3 is 2.97 bits per heavy atom. The maximum Gasteiger partial charge on any atom is 0.268 e. The number of carbonyl (C=O) groups excluding carboxylic acids is 1. The molecule has 0 spiro atoms. The first kappa shape index (κ1) is 18.4. The standard InChI is InChI=1S/C22H20N4O4/c1-13-7-8-26(15-5-6-17-18(9-15)30-12-29-17)22(28)20(13)21(27)24-11-19-23-10-14-3-2-4-16(14)25-19/h5-10H,2-4,11-12H2,1H3,(H,24,27). The zero-order valence-electron chi connectivity index (χ0n) is 16.5. The molecule has 1 amide bonds. The Bertz CT molecular complexity index is 1220. The van der Waals surface area contributed by atoms with E-state index in [1.54, 1.807) is 37.4 Å². The van der Waals surface area contributed by atoms with Gasteiger partial charge in [-0.05, 0) is 55.5 Å². The van der Waals surface area contributed by atoms with Crippen molar-refractivity contribution in [1.82, 2.24) is 19.9 Å². The molecule has 0 fully saturated rings. The number of aromatic nitrogens is 3. The van der Waals surface area contributed by atoms with Crippen LogP contribution in [-0.4, -0.2) is 27.2 Å². The lowest BCUT2D eigenvalue weighted by molar-refractivity contribution is 0.0947. The van der Waals surface area contributed by atoms with Gasteiger partial charge in [-0.15, -0.1) is 0 Å². The van der Waals surface area contributed by atoms with Crippen LogP contribution in [0.2, 0.25) is 0 Å². The van der Waals surface area contributed by atoms with Gasteiger partial charge in [0, 0.05) is 24.2 Å². The zero-order chi connectivity index (χ0) is 20.7. The molecule has 3 aromatic rings. The van der Waals surface area contributed by atoms with Crippen LogP contribution in [0.25, 0.3) is 5.69 Å². The number of hydrogen-bond acceptors (Lipinski definition) is 6. The molecule has 1 N–H and O–H groups in total. The number of nitrogens with one attached hydrogen (secondary N) is 1. The van der Waals surface area contributed by atoms with Gasteiger partial charge < -0.3 is 14.8 Å². The fraction of sp³-hybridized carbons (Fsp3) is 0.273. The Morgan fingerprint density at radius 1 is 1.20 bits per heavy atom. The van der Waals surface area contributed by atoms with Crippen LogP contribution < -0.4 is 20.3 Å². The number of amides is 1. The number of fused-ring (bicyclic) bond motifs is 2. The predicted octanol–water partition coefficient (Wildman–Crippen LogP) is 2.08. The van der Waals surface area contributed by atoms with E-state index in [-0.39, 0.29) is 18.9 Å². The Morgan fingerprint density at radius 2 is 2.07 bits per heavy atom. The maximum atomic E-state index is 13.1. The van der Waals surface area contributed by atoms with Crippen molar-refractivity contribution in [3.05, 3.63) is 75.2 Å². The summed E-state index contributed by atoms with van der Waals surface area (Å²) in [5.41, 5.74) is 3.12. The second kappa shape index (κ2) is 7.29. The van der Waals surface area contributed by atoms with Crippen molar-refractivity contribution in [2.45, 2.75) is 32.7 Å². The van der Waals surface area contributed by atoms with Crippen molar-refractivity contribution in [2.75, 3.05) is 6.79 Å². The fourth-order valence-electron chi connectivity index (χ4n) is 3.83. The molecular formula is C22H20N4O4. The van der Waals surface area contributed by atoms with Crippen molar-refractivity contribution < 1.29 is 14.3 Å². The first-order valence-corrected chi connectivity index (χ1v) is 9.84. The summed E-state index contributed by atoms with van der Waals surface area (Å²) < 4.78 is 12.1. The van der Waals surface area contributed by atoms with Crippen molar-refractivity contribution in [1.29, 1.82) is 0 Å². The number of carbonyl (C=O) groups is 1. The topological polar surface area (TPSA) is 95.3 Å². The summed E-state index contributed by atoms with van der Waals surface area (Å²) in [5, 5.41) is 2.79. The van der Waals surface area contributed by atoms with Crippen LogP contribution in [0.3, 0.4) is 0 Å². The molecule has 0 atom stereocenters. The number of ether oxygens (including phenoxy) is 2. The minimum absolute atomic E-state index is 0.0938. The average Bonchev–Trinajstić information content (AvgIpc) is 3.40. The highest BCUT2D eigenvalue weighted by atomic mass is 16.7. The van der Waals surface area contributed by atoms with Crippen LogP contribution in [0.5, 0.6) is 11.5 Å². The lowest BCUT2D eigenvalue weighted by atomic mass is 10.1. The number of pyridine rings is 1. The molecule has 0 radical (unpaired) electrons. The molecule has 0 bridgehead atoms. The number of nitrogens with zero attached hydrogens (tertiary/aromatic N) is 3. The van der Waals surface area contributed by atoms with Gasteiger partial charge in [0.15, 0.2) is 11.5 Å². The van der Waals surface area contributed by atoms with Gasteiger partial charge in [0.25, 0.3) is 11.5 Å². The second-order valence-corrected chi connectivity index (χ2v) is 7.38. The van der Waals surface area contributed by atoms with E-state index in [1.165, 1.54) is 10.1 Å². The third kappa shape index (κ3) is 3.20. The molecule has 1 aliphatic carbocycles. The van der Waals surface area contributed by atoms with Gasteiger partial charge in [0.2, 0.25) is 6.79 Å². The van der Waals surface area contributed by atoms with Crippen LogP contribution in [0.15, 0.2) is 41.5 Å². The molecule has 30 heavy (non-hydrogen) atoms. The molecule has 0 saturated heterocycles. The molecule has 2 aliphatic rings. The highest BCUT2D eigenvalue weighted by Gasteiger charge is 2.19. The van der Waals surface area contributed by atoms with E-state index in [2.05, 4.69) is 15.3 Å². The molecule has 0 saturated carbocycles. The van der Waals surface area contributed by atoms with E-state index < -0.39 is 11.5 Å². The molecule has 8 nitrogen and oxygen atoms in total. The summed E-state index contributed by atoms with van der Waals surface area (Å²) in [6.45, 7) is 2.07. The van der Waals surface area contributed by atoms with Crippen LogP contribution in [0.4, 0.5) is 0 Å². The second-order valence-electron chi connectivity index (χ2n) is 7.38. The zero-order valence-corrected chi connectivity index (χ0v) is 16.5. The summed E-state index contributed by atoms with van der Waals surface area (Å²) in [5.74, 6) is 1.30. The monoisotopic (exact) mass is 404 g/mol. The third-order valence-electron chi connectivity index (χ3n) is 5.43. The summed E-state index contributed by atoms with van der Waals surface area (Å²) >= 11 is 0. The smallest absolute Gasteiger partial charge is 0.268 e. The van der Waals surface area contributed by atoms with Crippen LogP contribution in [-0.2, 0) is 19.4 Å². The maximum absolute atomic E-state index is 13.1. The minimum Gasteiger partial charge on any atom is -0.454 e. The molecule has 2 aromatic heterocycles. The number of hydrogen-bond donors (Lipinski definition) is 1. The molecule has 1 aliphatic heterocycles. The van der Waals surface area contributed by atoms with Crippen molar-refractivity contribution in [3.8, 4) is 17.2 Å². The van der Waals surface area contributed by atoms with E-state index in [0.717, 1.165) is 25.0 Å². The molecular weight excluding hydrogens is 384 g/mol. The normalized spacial score (nSPS) is 13.9. The highest BCUT2D eigenvalue weighted by Crippen LogP contribution is 2.33. The molecule has 3 heterocycles. The largest absolute Gasteiger partial charge is 0.454 e.